The molecule has 0 saturated carbocycles. The maximum Gasteiger partial charge on any atom is 0.243 e. The standard InChI is InChI=1S/C12H11F2NO2S2/c13-9-3-4-12(11(14)8-9)19(16,17)15-6-5-10-2-1-7-18-10/h1-4,7-8,15H,5-6H2. The first-order chi connectivity index (χ1) is 8.99. The van der Waals surface area contributed by atoms with Gasteiger partial charge in [-0.2, -0.15) is 0 Å². The number of halogens is 2. The molecular formula is C12H11F2NO2S2. The Kier molecular flexibility index (Phi) is 4.28. The molecule has 0 atom stereocenters. The molecule has 0 saturated heterocycles. The fraction of sp³-hybridized carbons (Fsp3) is 0.167. The number of thiophene rings is 1. The highest BCUT2D eigenvalue weighted by Gasteiger charge is 2.18. The highest BCUT2D eigenvalue weighted by molar-refractivity contribution is 7.89. The minimum Gasteiger partial charge on any atom is -0.211 e. The highest BCUT2D eigenvalue weighted by Crippen LogP contribution is 2.15. The van der Waals surface area contributed by atoms with Crippen LogP contribution < -0.4 is 4.72 Å². The van der Waals surface area contributed by atoms with E-state index in [1.165, 1.54) is 11.3 Å². The molecule has 102 valence electrons. The van der Waals surface area contributed by atoms with Crippen molar-refractivity contribution in [3.8, 4) is 0 Å². The minimum atomic E-state index is -3.95. The maximum absolute atomic E-state index is 13.4. The van der Waals surface area contributed by atoms with Gasteiger partial charge < -0.3 is 0 Å². The van der Waals surface area contributed by atoms with Crippen LogP contribution in [0.5, 0.6) is 0 Å². The zero-order valence-electron chi connectivity index (χ0n) is 9.77. The third kappa shape index (κ3) is 3.59. The summed E-state index contributed by atoms with van der Waals surface area (Å²) in [6.07, 6.45) is 0.527. The first-order valence-electron chi connectivity index (χ1n) is 5.46. The van der Waals surface area contributed by atoms with Gasteiger partial charge >= 0.3 is 0 Å². The van der Waals surface area contributed by atoms with Crippen LogP contribution in [-0.4, -0.2) is 15.0 Å². The van der Waals surface area contributed by atoms with Gasteiger partial charge in [0.05, 0.1) is 0 Å². The summed E-state index contributed by atoms with van der Waals surface area (Å²) >= 11 is 1.52. The summed E-state index contributed by atoms with van der Waals surface area (Å²) in [5.74, 6) is -1.90. The van der Waals surface area contributed by atoms with Crippen molar-refractivity contribution in [3.63, 3.8) is 0 Å². The Hall–Kier alpha value is -1.31. The molecule has 3 nitrogen and oxygen atoms in total. The monoisotopic (exact) mass is 303 g/mol. The summed E-state index contributed by atoms with van der Waals surface area (Å²) in [7, 11) is -3.95. The van der Waals surface area contributed by atoms with Crippen LogP contribution in [0.15, 0.2) is 40.6 Å². The molecule has 0 unspecified atom stereocenters. The smallest absolute Gasteiger partial charge is 0.211 e. The first kappa shape index (κ1) is 14.1. The molecule has 0 fully saturated rings. The lowest BCUT2D eigenvalue weighted by Gasteiger charge is -2.07. The Balaban J connectivity index is 2.05. The van der Waals surface area contributed by atoms with Crippen molar-refractivity contribution in [1.82, 2.24) is 4.72 Å². The van der Waals surface area contributed by atoms with Crippen molar-refractivity contribution in [2.75, 3.05) is 6.54 Å². The third-order valence-corrected chi connectivity index (χ3v) is 4.86. The lowest BCUT2D eigenvalue weighted by atomic mass is 10.3. The lowest BCUT2D eigenvalue weighted by molar-refractivity contribution is 0.543. The van der Waals surface area contributed by atoms with E-state index in [0.29, 0.717) is 12.5 Å². The van der Waals surface area contributed by atoms with Crippen LogP contribution in [0.25, 0.3) is 0 Å². The Labute approximate surface area is 114 Å². The van der Waals surface area contributed by atoms with Crippen molar-refractivity contribution in [3.05, 3.63) is 52.2 Å². The van der Waals surface area contributed by atoms with E-state index < -0.39 is 26.6 Å². The van der Waals surface area contributed by atoms with Gasteiger partial charge in [-0.1, -0.05) is 6.07 Å². The number of hydrogen-bond donors (Lipinski definition) is 1. The topological polar surface area (TPSA) is 46.2 Å². The van der Waals surface area contributed by atoms with E-state index in [1.807, 2.05) is 17.5 Å². The van der Waals surface area contributed by atoms with Crippen LogP contribution in [0.3, 0.4) is 0 Å². The molecule has 0 aliphatic heterocycles. The second kappa shape index (κ2) is 5.77. The molecule has 2 rings (SSSR count). The van der Waals surface area contributed by atoms with Gasteiger partial charge in [-0.05, 0) is 30.0 Å². The normalized spacial score (nSPS) is 11.7. The predicted octanol–water partition coefficient (Wildman–Crippen LogP) is 2.55. The van der Waals surface area contributed by atoms with E-state index in [1.54, 1.807) is 0 Å². The highest BCUT2D eigenvalue weighted by atomic mass is 32.2. The molecule has 0 bridgehead atoms. The lowest BCUT2D eigenvalue weighted by Crippen LogP contribution is -2.26. The summed E-state index contributed by atoms with van der Waals surface area (Å²) < 4.78 is 52.0. The number of rotatable bonds is 5. The average Bonchev–Trinajstić information content (AvgIpc) is 2.81. The van der Waals surface area contributed by atoms with E-state index in [0.717, 1.165) is 17.0 Å². The number of hydrogen-bond acceptors (Lipinski definition) is 3. The van der Waals surface area contributed by atoms with Gasteiger partial charge in [-0.15, -0.1) is 11.3 Å². The summed E-state index contributed by atoms with van der Waals surface area (Å²) in [6.45, 7) is 0.166. The fourth-order valence-electron chi connectivity index (χ4n) is 1.53. The third-order valence-electron chi connectivity index (χ3n) is 2.43. The number of benzene rings is 1. The molecule has 0 aliphatic rings. The van der Waals surface area contributed by atoms with Gasteiger partial charge in [0.2, 0.25) is 10.0 Å². The van der Waals surface area contributed by atoms with Gasteiger partial charge in [0.15, 0.2) is 0 Å². The first-order valence-corrected chi connectivity index (χ1v) is 7.82. The van der Waals surface area contributed by atoms with Crippen LogP contribution in [0.2, 0.25) is 0 Å². The predicted molar refractivity (Wildman–Crippen MR) is 69.6 cm³/mol. The van der Waals surface area contributed by atoms with Crippen LogP contribution >= 0.6 is 11.3 Å². The number of sulfonamides is 1. The van der Waals surface area contributed by atoms with Crippen molar-refractivity contribution in [1.29, 1.82) is 0 Å². The van der Waals surface area contributed by atoms with E-state index >= 15 is 0 Å². The van der Waals surface area contributed by atoms with Crippen LogP contribution in [0.4, 0.5) is 8.78 Å². The molecule has 7 heteroatoms. The van der Waals surface area contributed by atoms with Crippen LogP contribution in [0, 0.1) is 11.6 Å². The Bertz CT molecular complexity index is 654. The minimum absolute atomic E-state index is 0.166. The largest absolute Gasteiger partial charge is 0.243 e. The zero-order valence-corrected chi connectivity index (χ0v) is 11.4. The molecule has 19 heavy (non-hydrogen) atoms. The van der Waals surface area contributed by atoms with E-state index in [-0.39, 0.29) is 6.54 Å². The molecule has 0 spiro atoms. The second-order valence-corrected chi connectivity index (χ2v) is 6.57. The molecule has 1 heterocycles. The maximum atomic E-state index is 13.4. The number of nitrogens with one attached hydrogen (secondary N) is 1. The molecule has 1 aromatic carbocycles. The average molecular weight is 303 g/mol. The quantitative estimate of drug-likeness (QED) is 0.922. The molecule has 0 amide bonds. The van der Waals surface area contributed by atoms with Crippen molar-refractivity contribution < 1.29 is 17.2 Å². The van der Waals surface area contributed by atoms with E-state index in [9.17, 15) is 17.2 Å². The molecular weight excluding hydrogens is 292 g/mol. The summed E-state index contributed by atoms with van der Waals surface area (Å²) in [5, 5.41) is 1.89. The molecule has 1 N–H and O–H groups in total. The van der Waals surface area contributed by atoms with Crippen LogP contribution in [-0.2, 0) is 16.4 Å². The van der Waals surface area contributed by atoms with E-state index in [4.69, 9.17) is 0 Å². The van der Waals surface area contributed by atoms with Crippen LogP contribution in [0.1, 0.15) is 4.88 Å². The van der Waals surface area contributed by atoms with Crippen molar-refractivity contribution in [2.24, 2.45) is 0 Å². The summed E-state index contributed by atoms with van der Waals surface area (Å²) in [4.78, 5) is 0.488. The molecule has 0 radical (unpaired) electrons. The molecule has 0 aliphatic carbocycles. The molecule has 2 aromatic rings. The summed E-state index contributed by atoms with van der Waals surface area (Å²) in [5.41, 5.74) is 0. The van der Waals surface area contributed by atoms with Gasteiger partial charge in [-0.3, -0.25) is 0 Å². The Morgan fingerprint density at radius 2 is 2.00 bits per heavy atom. The van der Waals surface area contributed by atoms with E-state index in [2.05, 4.69) is 4.72 Å². The zero-order chi connectivity index (χ0) is 13.9. The fourth-order valence-corrected chi connectivity index (χ4v) is 3.33. The van der Waals surface area contributed by atoms with Gasteiger partial charge in [-0.25, -0.2) is 21.9 Å². The van der Waals surface area contributed by atoms with Gasteiger partial charge in [0, 0.05) is 17.5 Å². The second-order valence-electron chi connectivity index (χ2n) is 3.80. The van der Waals surface area contributed by atoms with Gasteiger partial charge in [0.1, 0.15) is 16.5 Å². The van der Waals surface area contributed by atoms with Crippen molar-refractivity contribution in [2.45, 2.75) is 11.3 Å². The Morgan fingerprint density at radius 1 is 1.21 bits per heavy atom. The Morgan fingerprint density at radius 3 is 2.63 bits per heavy atom. The van der Waals surface area contributed by atoms with Crippen molar-refractivity contribution >= 4 is 21.4 Å². The van der Waals surface area contributed by atoms with Gasteiger partial charge in [0.25, 0.3) is 0 Å². The SMILES string of the molecule is O=S(=O)(NCCc1cccs1)c1ccc(F)cc1F. The summed E-state index contributed by atoms with van der Waals surface area (Å²) in [6, 6.07) is 6.13. The molecule has 1 aromatic heterocycles.